The third kappa shape index (κ3) is 3.06. The highest BCUT2D eigenvalue weighted by molar-refractivity contribution is 7.89. The third-order valence-electron chi connectivity index (χ3n) is 3.41. The zero-order chi connectivity index (χ0) is 12.2. The lowest BCUT2D eigenvalue weighted by atomic mass is 9.85. The lowest BCUT2D eigenvalue weighted by Crippen LogP contribution is -2.46. The SMILES string of the molecule is C=CCS(=O)(=O)N(C)C1CCCCC1CN. The quantitative estimate of drug-likeness (QED) is 0.735. The molecule has 2 unspecified atom stereocenters. The van der Waals surface area contributed by atoms with Crippen LogP contribution >= 0.6 is 0 Å². The van der Waals surface area contributed by atoms with Gasteiger partial charge in [-0.25, -0.2) is 12.7 Å². The molecule has 5 heteroatoms. The Morgan fingerprint density at radius 1 is 1.44 bits per heavy atom. The molecule has 0 bridgehead atoms. The van der Waals surface area contributed by atoms with Crippen molar-refractivity contribution >= 4 is 10.0 Å². The second kappa shape index (κ2) is 5.80. The number of sulfonamides is 1. The molecule has 0 saturated heterocycles. The summed E-state index contributed by atoms with van der Waals surface area (Å²) in [4.78, 5) is 0. The normalized spacial score (nSPS) is 26.9. The molecule has 1 rings (SSSR count). The van der Waals surface area contributed by atoms with Gasteiger partial charge in [0.25, 0.3) is 0 Å². The standard InChI is InChI=1S/C11H22N2O2S/c1-3-8-16(14,15)13(2)11-7-5-4-6-10(11)9-12/h3,10-11H,1,4-9,12H2,2H3. The van der Waals surface area contributed by atoms with Crippen molar-refractivity contribution in [1.29, 1.82) is 0 Å². The molecule has 0 aromatic carbocycles. The van der Waals surface area contributed by atoms with Crippen molar-refractivity contribution in [2.24, 2.45) is 11.7 Å². The summed E-state index contributed by atoms with van der Waals surface area (Å²) in [5, 5.41) is 0. The van der Waals surface area contributed by atoms with E-state index in [-0.39, 0.29) is 11.8 Å². The van der Waals surface area contributed by atoms with Crippen molar-refractivity contribution in [3.63, 3.8) is 0 Å². The van der Waals surface area contributed by atoms with E-state index in [2.05, 4.69) is 6.58 Å². The Morgan fingerprint density at radius 3 is 2.62 bits per heavy atom. The monoisotopic (exact) mass is 246 g/mol. The Labute approximate surface area is 98.6 Å². The molecule has 0 amide bonds. The van der Waals surface area contributed by atoms with Crippen LogP contribution in [0.2, 0.25) is 0 Å². The molecule has 94 valence electrons. The second-order valence-corrected chi connectivity index (χ2v) is 6.50. The molecular weight excluding hydrogens is 224 g/mol. The topological polar surface area (TPSA) is 63.4 Å². The molecule has 0 spiro atoms. The fourth-order valence-electron chi connectivity index (χ4n) is 2.41. The Bertz CT molecular complexity index is 327. The molecule has 0 aliphatic heterocycles. The van der Waals surface area contributed by atoms with E-state index >= 15 is 0 Å². The molecule has 0 heterocycles. The van der Waals surface area contributed by atoms with Crippen LogP contribution in [-0.2, 0) is 10.0 Å². The first-order valence-electron chi connectivity index (χ1n) is 5.79. The zero-order valence-corrected chi connectivity index (χ0v) is 10.7. The summed E-state index contributed by atoms with van der Waals surface area (Å²) in [5.41, 5.74) is 5.71. The molecule has 0 radical (unpaired) electrons. The van der Waals surface area contributed by atoms with Crippen molar-refractivity contribution in [3.8, 4) is 0 Å². The molecule has 4 nitrogen and oxygen atoms in total. The van der Waals surface area contributed by atoms with E-state index in [1.54, 1.807) is 7.05 Å². The van der Waals surface area contributed by atoms with Crippen LogP contribution in [0.1, 0.15) is 25.7 Å². The van der Waals surface area contributed by atoms with Crippen molar-refractivity contribution < 1.29 is 8.42 Å². The highest BCUT2D eigenvalue weighted by Crippen LogP contribution is 2.28. The van der Waals surface area contributed by atoms with Gasteiger partial charge in [-0.2, -0.15) is 0 Å². The van der Waals surface area contributed by atoms with E-state index < -0.39 is 10.0 Å². The Balaban J connectivity index is 2.77. The van der Waals surface area contributed by atoms with Gasteiger partial charge in [-0.15, -0.1) is 6.58 Å². The first kappa shape index (κ1) is 13.7. The maximum atomic E-state index is 11.9. The van der Waals surface area contributed by atoms with Crippen LogP contribution in [0, 0.1) is 5.92 Å². The number of hydrogen-bond acceptors (Lipinski definition) is 3. The van der Waals surface area contributed by atoms with Gasteiger partial charge in [0, 0.05) is 13.1 Å². The summed E-state index contributed by atoms with van der Waals surface area (Å²) < 4.78 is 25.3. The number of rotatable bonds is 5. The first-order chi connectivity index (χ1) is 7.53. The van der Waals surface area contributed by atoms with Gasteiger partial charge < -0.3 is 5.73 Å². The average molecular weight is 246 g/mol. The third-order valence-corrected chi connectivity index (χ3v) is 5.21. The minimum absolute atomic E-state index is 0.0112. The van der Waals surface area contributed by atoms with E-state index in [0.29, 0.717) is 12.5 Å². The van der Waals surface area contributed by atoms with Gasteiger partial charge in [0.2, 0.25) is 10.0 Å². The molecule has 1 aliphatic rings. The lowest BCUT2D eigenvalue weighted by molar-refractivity contribution is 0.204. The van der Waals surface area contributed by atoms with Gasteiger partial charge >= 0.3 is 0 Å². The van der Waals surface area contributed by atoms with Gasteiger partial charge in [-0.1, -0.05) is 18.9 Å². The number of nitrogens with zero attached hydrogens (tertiary/aromatic N) is 1. The predicted molar refractivity (Wildman–Crippen MR) is 66.5 cm³/mol. The fraction of sp³-hybridized carbons (Fsp3) is 0.818. The molecule has 2 atom stereocenters. The summed E-state index contributed by atoms with van der Waals surface area (Å²) in [7, 11) is -1.53. The minimum Gasteiger partial charge on any atom is -0.330 e. The molecule has 0 aromatic rings. The lowest BCUT2D eigenvalue weighted by Gasteiger charge is -2.36. The summed E-state index contributed by atoms with van der Waals surface area (Å²) >= 11 is 0. The van der Waals surface area contributed by atoms with Crippen LogP contribution in [0.15, 0.2) is 12.7 Å². The van der Waals surface area contributed by atoms with Gasteiger partial charge in [0.05, 0.1) is 5.75 Å². The van der Waals surface area contributed by atoms with Crippen LogP contribution in [-0.4, -0.2) is 38.1 Å². The first-order valence-corrected chi connectivity index (χ1v) is 7.40. The van der Waals surface area contributed by atoms with Crippen molar-refractivity contribution in [1.82, 2.24) is 4.31 Å². The van der Waals surface area contributed by atoms with Gasteiger partial charge in [0.15, 0.2) is 0 Å². The molecule has 1 aliphatic carbocycles. The highest BCUT2D eigenvalue weighted by Gasteiger charge is 2.32. The smallest absolute Gasteiger partial charge is 0.217 e. The average Bonchev–Trinajstić information content (AvgIpc) is 2.28. The molecular formula is C11H22N2O2S. The minimum atomic E-state index is -3.19. The number of hydrogen-bond donors (Lipinski definition) is 1. The molecule has 16 heavy (non-hydrogen) atoms. The fourth-order valence-corrected chi connectivity index (χ4v) is 3.64. The van der Waals surface area contributed by atoms with E-state index in [0.717, 1.165) is 25.7 Å². The van der Waals surface area contributed by atoms with Gasteiger partial charge in [-0.3, -0.25) is 0 Å². The zero-order valence-electron chi connectivity index (χ0n) is 9.93. The van der Waals surface area contributed by atoms with Crippen LogP contribution in [0.25, 0.3) is 0 Å². The van der Waals surface area contributed by atoms with Gasteiger partial charge in [0.1, 0.15) is 0 Å². The van der Waals surface area contributed by atoms with E-state index in [1.165, 1.54) is 10.4 Å². The largest absolute Gasteiger partial charge is 0.330 e. The van der Waals surface area contributed by atoms with E-state index in [9.17, 15) is 8.42 Å². The summed E-state index contributed by atoms with van der Waals surface area (Å²) in [5.74, 6) is 0.315. The Morgan fingerprint density at radius 2 is 2.06 bits per heavy atom. The predicted octanol–water partition coefficient (Wildman–Crippen LogP) is 0.951. The Kier molecular flexibility index (Phi) is 4.95. The summed E-state index contributed by atoms with van der Waals surface area (Å²) in [6.07, 6.45) is 5.65. The number of nitrogens with two attached hydrogens (primary N) is 1. The van der Waals surface area contributed by atoms with Gasteiger partial charge in [-0.05, 0) is 25.3 Å². The van der Waals surface area contributed by atoms with E-state index in [4.69, 9.17) is 5.73 Å². The summed E-state index contributed by atoms with van der Waals surface area (Å²) in [6.45, 7) is 4.05. The molecule has 0 aromatic heterocycles. The highest BCUT2D eigenvalue weighted by atomic mass is 32.2. The summed E-state index contributed by atoms with van der Waals surface area (Å²) in [6, 6.07) is 0.0729. The molecule has 2 N–H and O–H groups in total. The van der Waals surface area contributed by atoms with Crippen LogP contribution < -0.4 is 5.73 Å². The van der Waals surface area contributed by atoms with Crippen molar-refractivity contribution in [3.05, 3.63) is 12.7 Å². The van der Waals surface area contributed by atoms with Crippen LogP contribution in [0.4, 0.5) is 0 Å². The van der Waals surface area contributed by atoms with Crippen molar-refractivity contribution in [2.75, 3.05) is 19.3 Å². The van der Waals surface area contributed by atoms with E-state index in [1.807, 2.05) is 0 Å². The maximum Gasteiger partial charge on any atom is 0.217 e. The Hall–Kier alpha value is -0.390. The van der Waals surface area contributed by atoms with Crippen LogP contribution in [0.3, 0.4) is 0 Å². The second-order valence-electron chi connectivity index (χ2n) is 4.43. The van der Waals surface area contributed by atoms with Crippen LogP contribution in [0.5, 0.6) is 0 Å². The molecule has 1 saturated carbocycles. The molecule has 1 fully saturated rings. The maximum absolute atomic E-state index is 11.9. The van der Waals surface area contributed by atoms with Crippen molar-refractivity contribution in [2.45, 2.75) is 31.7 Å².